The van der Waals surface area contributed by atoms with E-state index in [1.165, 1.54) is 6.20 Å². The fourth-order valence-corrected chi connectivity index (χ4v) is 0.387. The van der Waals surface area contributed by atoms with Crippen molar-refractivity contribution in [1.82, 2.24) is 5.32 Å². The average molecular weight is 116 g/mol. The molecule has 0 aliphatic carbocycles. The lowest BCUT2D eigenvalue weighted by Crippen LogP contribution is -2.03. The van der Waals surface area contributed by atoms with Crippen LogP contribution in [0.15, 0.2) is 12.0 Å². The van der Waals surface area contributed by atoms with Gasteiger partial charge >= 0.3 is 0 Å². The monoisotopic (exact) mass is 116 g/mol. The third-order valence-corrected chi connectivity index (χ3v) is 0.711. The van der Waals surface area contributed by atoms with Crippen molar-refractivity contribution in [3.8, 4) is 0 Å². The molecule has 0 amide bonds. The van der Waals surface area contributed by atoms with E-state index in [9.17, 15) is 0 Å². The van der Waals surface area contributed by atoms with Crippen LogP contribution in [-0.2, 0) is 0 Å². The highest BCUT2D eigenvalue weighted by atomic mass is 16.3. The van der Waals surface area contributed by atoms with Crippen molar-refractivity contribution in [3.05, 3.63) is 12.0 Å². The van der Waals surface area contributed by atoms with Gasteiger partial charge in [0, 0.05) is 19.7 Å². The summed E-state index contributed by atoms with van der Waals surface area (Å²) in [4.78, 5) is 0. The SMILES string of the molecule is CN/C=C(\O)CCN. The molecule has 0 heterocycles. The molecule has 4 N–H and O–H groups in total. The highest BCUT2D eigenvalue weighted by molar-refractivity contribution is 4.87. The lowest BCUT2D eigenvalue weighted by molar-refractivity contribution is 0.386. The summed E-state index contributed by atoms with van der Waals surface area (Å²) in [5, 5.41) is 11.5. The van der Waals surface area contributed by atoms with Crippen LogP contribution in [0, 0.1) is 0 Å². The Morgan fingerprint density at radius 3 is 2.88 bits per heavy atom. The summed E-state index contributed by atoms with van der Waals surface area (Å²) in [7, 11) is 1.73. The van der Waals surface area contributed by atoms with E-state index in [4.69, 9.17) is 10.8 Å². The molecule has 0 bridgehead atoms. The van der Waals surface area contributed by atoms with E-state index in [1.54, 1.807) is 7.05 Å². The molecule has 0 aromatic heterocycles. The van der Waals surface area contributed by atoms with Crippen LogP contribution in [0.1, 0.15) is 6.42 Å². The van der Waals surface area contributed by atoms with Gasteiger partial charge in [-0.3, -0.25) is 0 Å². The van der Waals surface area contributed by atoms with E-state index in [0.29, 0.717) is 18.7 Å². The van der Waals surface area contributed by atoms with E-state index < -0.39 is 0 Å². The van der Waals surface area contributed by atoms with Gasteiger partial charge in [0.25, 0.3) is 0 Å². The molecule has 0 radical (unpaired) electrons. The van der Waals surface area contributed by atoms with Crippen molar-refractivity contribution < 1.29 is 5.11 Å². The van der Waals surface area contributed by atoms with E-state index in [0.717, 1.165) is 0 Å². The Kier molecular flexibility index (Phi) is 4.07. The minimum atomic E-state index is 0.301. The van der Waals surface area contributed by atoms with Crippen LogP contribution in [0.5, 0.6) is 0 Å². The van der Waals surface area contributed by atoms with Crippen LogP contribution >= 0.6 is 0 Å². The van der Waals surface area contributed by atoms with E-state index in [-0.39, 0.29) is 0 Å². The van der Waals surface area contributed by atoms with Crippen molar-refractivity contribution in [3.63, 3.8) is 0 Å². The van der Waals surface area contributed by atoms with Crippen molar-refractivity contribution in [2.45, 2.75) is 6.42 Å². The molecule has 0 aromatic carbocycles. The zero-order chi connectivity index (χ0) is 6.41. The van der Waals surface area contributed by atoms with Gasteiger partial charge in [-0.15, -0.1) is 0 Å². The Morgan fingerprint density at radius 1 is 1.88 bits per heavy atom. The molecule has 8 heavy (non-hydrogen) atoms. The van der Waals surface area contributed by atoms with Gasteiger partial charge in [0.05, 0.1) is 0 Å². The number of aliphatic hydroxyl groups is 1. The van der Waals surface area contributed by atoms with Crippen LogP contribution in [0.3, 0.4) is 0 Å². The van der Waals surface area contributed by atoms with Crippen molar-refractivity contribution in [1.29, 1.82) is 0 Å². The summed E-state index contributed by atoms with van der Waals surface area (Å²) < 4.78 is 0. The van der Waals surface area contributed by atoms with Gasteiger partial charge in [-0.2, -0.15) is 0 Å². The van der Waals surface area contributed by atoms with Gasteiger partial charge in [-0.05, 0) is 6.54 Å². The van der Waals surface area contributed by atoms with E-state index in [2.05, 4.69) is 5.32 Å². The highest BCUT2D eigenvalue weighted by Crippen LogP contribution is 1.88. The smallest absolute Gasteiger partial charge is 0.109 e. The van der Waals surface area contributed by atoms with Crippen molar-refractivity contribution in [2.24, 2.45) is 5.73 Å². The van der Waals surface area contributed by atoms with Crippen LogP contribution < -0.4 is 11.1 Å². The van der Waals surface area contributed by atoms with Crippen LogP contribution in [0.2, 0.25) is 0 Å². The fraction of sp³-hybridized carbons (Fsp3) is 0.600. The van der Waals surface area contributed by atoms with Gasteiger partial charge in [0.1, 0.15) is 5.76 Å². The van der Waals surface area contributed by atoms with E-state index >= 15 is 0 Å². The number of hydrogen-bond donors (Lipinski definition) is 3. The molecular formula is C5H12N2O. The molecule has 0 aliphatic heterocycles. The van der Waals surface area contributed by atoms with Gasteiger partial charge in [-0.25, -0.2) is 0 Å². The molecular weight excluding hydrogens is 104 g/mol. The molecule has 0 atom stereocenters. The Labute approximate surface area is 49.2 Å². The van der Waals surface area contributed by atoms with Crippen molar-refractivity contribution in [2.75, 3.05) is 13.6 Å². The maximum absolute atomic E-state index is 8.77. The Hall–Kier alpha value is -0.700. The predicted octanol–water partition coefficient (Wildman–Crippen LogP) is -0.0460. The summed E-state index contributed by atoms with van der Waals surface area (Å²) >= 11 is 0. The molecule has 0 saturated carbocycles. The van der Waals surface area contributed by atoms with Gasteiger partial charge in [0.15, 0.2) is 0 Å². The number of rotatable bonds is 3. The first-order valence-electron chi connectivity index (χ1n) is 2.56. The average Bonchev–Trinajstić information content (AvgIpc) is 1.68. The quantitative estimate of drug-likeness (QED) is 0.453. The largest absolute Gasteiger partial charge is 0.511 e. The molecule has 0 aliphatic rings. The highest BCUT2D eigenvalue weighted by Gasteiger charge is 1.85. The molecule has 3 heteroatoms. The first kappa shape index (κ1) is 7.30. The van der Waals surface area contributed by atoms with E-state index in [1.807, 2.05) is 0 Å². The van der Waals surface area contributed by atoms with Crippen molar-refractivity contribution >= 4 is 0 Å². The minimum absolute atomic E-state index is 0.301. The second-order valence-electron chi connectivity index (χ2n) is 1.46. The Bertz CT molecular complexity index is 80.5. The minimum Gasteiger partial charge on any atom is -0.511 e. The molecule has 0 unspecified atom stereocenters. The summed E-state index contributed by atoms with van der Waals surface area (Å²) in [5.41, 5.74) is 5.13. The standard InChI is InChI=1S/C5H12N2O/c1-7-4-5(8)2-3-6/h4,7-8H,2-3,6H2,1H3/b5-4-. The zero-order valence-corrected chi connectivity index (χ0v) is 5.02. The molecule has 3 nitrogen and oxygen atoms in total. The third kappa shape index (κ3) is 3.49. The normalized spacial score (nSPS) is 11.5. The first-order chi connectivity index (χ1) is 3.81. The van der Waals surface area contributed by atoms with Gasteiger partial charge < -0.3 is 16.2 Å². The maximum atomic E-state index is 8.77. The Balaban J connectivity index is 3.29. The second-order valence-corrected chi connectivity index (χ2v) is 1.46. The van der Waals surface area contributed by atoms with Gasteiger partial charge in [0.2, 0.25) is 0 Å². The van der Waals surface area contributed by atoms with Gasteiger partial charge in [-0.1, -0.05) is 0 Å². The summed E-state index contributed by atoms with van der Waals surface area (Å²) in [6, 6.07) is 0. The summed E-state index contributed by atoms with van der Waals surface area (Å²) in [6.07, 6.45) is 2.06. The second kappa shape index (κ2) is 4.46. The lowest BCUT2D eigenvalue weighted by Gasteiger charge is -1.93. The third-order valence-electron chi connectivity index (χ3n) is 0.711. The zero-order valence-electron chi connectivity index (χ0n) is 5.02. The molecule has 0 spiro atoms. The fourth-order valence-electron chi connectivity index (χ4n) is 0.387. The van der Waals surface area contributed by atoms with Crippen LogP contribution in [0.25, 0.3) is 0 Å². The molecule has 0 saturated heterocycles. The molecule has 0 rings (SSSR count). The van der Waals surface area contributed by atoms with Crippen LogP contribution in [0.4, 0.5) is 0 Å². The summed E-state index contributed by atoms with van der Waals surface area (Å²) in [6.45, 7) is 0.490. The predicted molar refractivity (Wildman–Crippen MR) is 33.4 cm³/mol. The number of aliphatic hydroxyl groups excluding tert-OH is 1. The molecule has 48 valence electrons. The summed E-state index contributed by atoms with van der Waals surface area (Å²) in [5.74, 6) is 0.301. The maximum Gasteiger partial charge on any atom is 0.109 e. The molecule has 0 fully saturated rings. The Morgan fingerprint density at radius 2 is 2.50 bits per heavy atom. The number of nitrogens with two attached hydrogens (primary N) is 1. The topological polar surface area (TPSA) is 58.3 Å². The number of hydrogen-bond acceptors (Lipinski definition) is 3. The van der Waals surface area contributed by atoms with Crippen LogP contribution in [-0.4, -0.2) is 18.7 Å². The number of nitrogens with one attached hydrogen (secondary N) is 1. The molecule has 0 aromatic rings. The lowest BCUT2D eigenvalue weighted by atomic mass is 10.4. The first-order valence-corrected chi connectivity index (χ1v) is 2.56.